The van der Waals surface area contributed by atoms with Crippen LogP contribution < -0.4 is 0 Å². The summed E-state index contributed by atoms with van der Waals surface area (Å²) in [5, 5.41) is 9.62. The summed E-state index contributed by atoms with van der Waals surface area (Å²) >= 11 is 0. The lowest BCUT2D eigenvalue weighted by atomic mass is 10.1. The van der Waals surface area contributed by atoms with Gasteiger partial charge in [0.05, 0.1) is 18.7 Å². The summed E-state index contributed by atoms with van der Waals surface area (Å²) in [4.78, 5) is 45.1. The lowest BCUT2D eigenvalue weighted by Gasteiger charge is -2.41. The van der Waals surface area contributed by atoms with Crippen LogP contribution in [0.1, 0.15) is 98.1 Å². The average Bonchev–Trinajstić information content (AvgIpc) is 3.10. The first-order valence-electron chi connectivity index (χ1n) is 19.5. The van der Waals surface area contributed by atoms with Crippen molar-refractivity contribution < 1.29 is 33.7 Å². The maximum atomic E-state index is 12.8. The van der Waals surface area contributed by atoms with Crippen LogP contribution in [0.3, 0.4) is 0 Å². The van der Waals surface area contributed by atoms with Crippen molar-refractivity contribution in [3.05, 3.63) is 71.8 Å². The summed E-state index contributed by atoms with van der Waals surface area (Å²) in [7, 11) is 0. The van der Waals surface area contributed by atoms with Gasteiger partial charge in [-0.05, 0) is 59.1 Å². The molecule has 2 atom stereocenters. The van der Waals surface area contributed by atoms with Crippen LogP contribution in [-0.4, -0.2) is 119 Å². The Labute approximate surface area is 318 Å². The Morgan fingerprint density at radius 2 is 1.11 bits per heavy atom. The van der Waals surface area contributed by atoms with Crippen molar-refractivity contribution in [3.63, 3.8) is 0 Å². The number of amides is 2. The third-order valence-corrected chi connectivity index (χ3v) is 9.02. The first-order valence-corrected chi connectivity index (χ1v) is 19.5. The second kappa shape index (κ2) is 21.9. The Bertz CT molecular complexity index is 1360. The topological polar surface area (TPSA) is 112 Å². The number of ether oxygens (including phenoxy) is 3. The van der Waals surface area contributed by atoms with Crippen molar-refractivity contribution in [1.29, 1.82) is 0 Å². The first kappa shape index (κ1) is 43.7. The second-order valence-electron chi connectivity index (χ2n) is 16.1. The Balaban J connectivity index is 0.000000302. The molecule has 0 aliphatic carbocycles. The molecule has 0 aromatic heterocycles. The van der Waals surface area contributed by atoms with Crippen molar-refractivity contribution in [3.8, 4) is 0 Å². The van der Waals surface area contributed by atoms with Crippen LogP contribution in [0.25, 0.3) is 0 Å². The summed E-state index contributed by atoms with van der Waals surface area (Å²) in [6.07, 6.45) is 5.23. The third kappa shape index (κ3) is 16.9. The number of benzene rings is 2. The highest BCUT2D eigenvalue weighted by molar-refractivity contribution is 5.70. The number of esters is 1. The molecular formula is C42H66N4O7. The van der Waals surface area contributed by atoms with Crippen LogP contribution in [0.4, 0.5) is 9.59 Å². The molecule has 4 rings (SSSR count). The monoisotopic (exact) mass is 738 g/mol. The van der Waals surface area contributed by atoms with Gasteiger partial charge in [-0.2, -0.15) is 0 Å². The van der Waals surface area contributed by atoms with Gasteiger partial charge in [0.1, 0.15) is 17.8 Å². The molecule has 2 unspecified atom stereocenters. The molecule has 2 aromatic carbocycles. The summed E-state index contributed by atoms with van der Waals surface area (Å²) in [5.41, 5.74) is 1.40. The molecule has 53 heavy (non-hydrogen) atoms. The lowest BCUT2D eigenvalue weighted by molar-refractivity contribution is -0.146. The molecule has 2 aliphatic heterocycles. The molecule has 11 heteroatoms. The smallest absolute Gasteiger partial charge is 0.410 e. The van der Waals surface area contributed by atoms with E-state index in [-0.39, 0.29) is 43.5 Å². The summed E-state index contributed by atoms with van der Waals surface area (Å²) in [6, 6.07) is 20.1. The Morgan fingerprint density at radius 1 is 0.660 bits per heavy atom. The van der Waals surface area contributed by atoms with E-state index >= 15 is 0 Å². The van der Waals surface area contributed by atoms with E-state index in [0.29, 0.717) is 32.6 Å². The van der Waals surface area contributed by atoms with E-state index in [9.17, 15) is 19.5 Å². The quantitative estimate of drug-likeness (QED) is 0.131. The zero-order valence-corrected chi connectivity index (χ0v) is 33.4. The number of rotatable bonds is 13. The van der Waals surface area contributed by atoms with E-state index in [2.05, 4.69) is 41.0 Å². The SMILES string of the molecule is CC(C)(C)OC(=O)N1CCN(Cc2ccccc2)CC1CO.CCCCCCCC(=O)OCC1CN(Cc2ccccc2)CCN1C(=O)OC(C)(C)C. The molecule has 2 aliphatic rings. The van der Waals surface area contributed by atoms with Gasteiger partial charge in [0.15, 0.2) is 0 Å². The molecule has 2 heterocycles. The Hall–Kier alpha value is -3.67. The zero-order chi connectivity index (χ0) is 38.9. The summed E-state index contributed by atoms with van der Waals surface area (Å²) < 4.78 is 16.6. The van der Waals surface area contributed by atoms with E-state index < -0.39 is 11.2 Å². The maximum absolute atomic E-state index is 12.8. The van der Waals surface area contributed by atoms with E-state index in [0.717, 1.165) is 45.4 Å². The Kier molecular flexibility index (Phi) is 18.1. The van der Waals surface area contributed by atoms with E-state index in [4.69, 9.17) is 14.2 Å². The van der Waals surface area contributed by atoms with Gasteiger partial charge in [0, 0.05) is 58.8 Å². The van der Waals surface area contributed by atoms with Gasteiger partial charge >= 0.3 is 18.2 Å². The van der Waals surface area contributed by atoms with Crippen molar-refractivity contribution in [2.24, 2.45) is 0 Å². The summed E-state index contributed by atoms with van der Waals surface area (Å²) in [5.74, 6) is -0.180. The van der Waals surface area contributed by atoms with Gasteiger partial charge in [0.2, 0.25) is 0 Å². The van der Waals surface area contributed by atoms with Crippen LogP contribution in [-0.2, 0) is 32.1 Å². The number of carbonyl (C=O) groups is 3. The fourth-order valence-corrected chi connectivity index (χ4v) is 6.36. The number of unbranched alkanes of at least 4 members (excludes halogenated alkanes) is 4. The predicted octanol–water partition coefficient (Wildman–Crippen LogP) is 7.11. The molecule has 296 valence electrons. The standard InChI is InChI=1S/C25H40N2O4.C17H26N2O3/c1-5-6-7-8-12-15-23(28)30-20-22-19-26(18-21-13-10-9-11-14-21)16-17-27(22)24(29)31-25(2,3)4;1-17(2,3)22-16(21)19-10-9-18(12-15(19)13-20)11-14-7-5-4-6-8-14/h9-11,13-14,22H,5-8,12,15-20H2,1-4H3;4-8,15,20H,9-13H2,1-3H3. The van der Waals surface area contributed by atoms with E-state index in [1.54, 1.807) is 9.80 Å². The fourth-order valence-electron chi connectivity index (χ4n) is 6.36. The number of nitrogens with zero attached hydrogens (tertiary/aromatic N) is 4. The Morgan fingerprint density at radius 3 is 1.57 bits per heavy atom. The van der Waals surface area contributed by atoms with Gasteiger partial charge in [-0.1, -0.05) is 93.3 Å². The van der Waals surface area contributed by atoms with Gasteiger partial charge in [-0.3, -0.25) is 19.5 Å². The van der Waals surface area contributed by atoms with Crippen LogP contribution >= 0.6 is 0 Å². The number of hydrogen-bond donors (Lipinski definition) is 1. The van der Waals surface area contributed by atoms with Crippen LogP contribution in [0.15, 0.2) is 60.7 Å². The number of piperazine rings is 2. The van der Waals surface area contributed by atoms with Crippen molar-refractivity contribution >= 4 is 18.2 Å². The van der Waals surface area contributed by atoms with Gasteiger partial charge in [0.25, 0.3) is 0 Å². The first-order chi connectivity index (χ1) is 25.2. The molecule has 0 radical (unpaired) electrons. The minimum absolute atomic E-state index is 0.0511. The lowest BCUT2D eigenvalue weighted by Crippen LogP contribution is -2.57. The van der Waals surface area contributed by atoms with Crippen molar-refractivity contribution in [2.45, 2.75) is 123 Å². The molecular weight excluding hydrogens is 672 g/mol. The minimum Gasteiger partial charge on any atom is -0.463 e. The van der Waals surface area contributed by atoms with Crippen molar-refractivity contribution in [2.75, 3.05) is 52.5 Å². The van der Waals surface area contributed by atoms with Crippen LogP contribution in [0.2, 0.25) is 0 Å². The highest BCUT2D eigenvalue weighted by atomic mass is 16.6. The molecule has 0 saturated carbocycles. The van der Waals surface area contributed by atoms with Gasteiger partial charge < -0.3 is 24.2 Å². The highest BCUT2D eigenvalue weighted by Crippen LogP contribution is 2.20. The fraction of sp³-hybridized carbons (Fsp3) is 0.643. The number of aliphatic hydroxyl groups is 1. The normalized spacial score (nSPS) is 18.5. The largest absolute Gasteiger partial charge is 0.463 e. The number of carbonyl (C=O) groups excluding carboxylic acids is 3. The van der Waals surface area contributed by atoms with Crippen LogP contribution in [0, 0.1) is 0 Å². The van der Waals surface area contributed by atoms with Gasteiger partial charge in [-0.25, -0.2) is 9.59 Å². The molecule has 2 fully saturated rings. The second-order valence-corrected chi connectivity index (χ2v) is 16.1. The molecule has 2 aromatic rings. The minimum atomic E-state index is -0.558. The highest BCUT2D eigenvalue weighted by Gasteiger charge is 2.35. The maximum Gasteiger partial charge on any atom is 0.410 e. The van der Waals surface area contributed by atoms with E-state index in [1.165, 1.54) is 24.0 Å². The van der Waals surface area contributed by atoms with Crippen LogP contribution in [0.5, 0.6) is 0 Å². The zero-order valence-electron chi connectivity index (χ0n) is 33.4. The number of hydrogen-bond acceptors (Lipinski definition) is 9. The molecule has 0 bridgehead atoms. The summed E-state index contributed by atoms with van der Waals surface area (Å²) in [6.45, 7) is 19.1. The average molecular weight is 739 g/mol. The van der Waals surface area contributed by atoms with Crippen molar-refractivity contribution in [1.82, 2.24) is 19.6 Å². The molecule has 2 saturated heterocycles. The number of aliphatic hydroxyl groups excluding tert-OH is 1. The van der Waals surface area contributed by atoms with Gasteiger partial charge in [-0.15, -0.1) is 0 Å². The van der Waals surface area contributed by atoms with E-state index in [1.807, 2.05) is 77.9 Å². The molecule has 0 spiro atoms. The molecule has 11 nitrogen and oxygen atoms in total. The molecule has 1 N–H and O–H groups in total. The predicted molar refractivity (Wildman–Crippen MR) is 208 cm³/mol. The third-order valence-electron chi connectivity index (χ3n) is 9.02. The molecule has 2 amide bonds.